The lowest BCUT2D eigenvalue weighted by molar-refractivity contribution is -0.384. The highest BCUT2D eigenvalue weighted by Crippen LogP contribution is 2.29. The van der Waals surface area contributed by atoms with Gasteiger partial charge in [0.2, 0.25) is 0 Å². The number of nitrogens with two attached hydrogens (primary N) is 1. The van der Waals surface area contributed by atoms with Gasteiger partial charge in [-0.2, -0.15) is 0 Å². The van der Waals surface area contributed by atoms with Crippen molar-refractivity contribution in [2.75, 3.05) is 30.8 Å². The summed E-state index contributed by atoms with van der Waals surface area (Å²) in [6.07, 6.45) is 2.21. The van der Waals surface area contributed by atoms with E-state index >= 15 is 0 Å². The first kappa shape index (κ1) is 12.6. The van der Waals surface area contributed by atoms with Crippen molar-refractivity contribution in [3.05, 3.63) is 28.3 Å². The van der Waals surface area contributed by atoms with Gasteiger partial charge in [-0.3, -0.25) is 10.1 Å². The number of anilines is 2. The molecule has 1 saturated heterocycles. The Morgan fingerprint density at radius 2 is 2.11 bits per heavy atom. The van der Waals surface area contributed by atoms with Crippen LogP contribution in [-0.4, -0.2) is 31.2 Å². The van der Waals surface area contributed by atoms with Gasteiger partial charge in [0.1, 0.15) is 0 Å². The van der Waals surface area contributed by atoms with E-state index in [4.69, 9.17) is 10.5 Å². The second-order valence-corrected chi connectivity index (χ2v) is 4.42. The molecule has 6 heteroatoms. The maximum absolute atomic E-state index is 10.6. The highest BCUT2D eigenvalue weighted by atomic mass is 16.6. The Bertz CT molecular complexity index is 442. The molecule has 2 rings (SSSR count). The molecule has 0 amide bonds. The minimum Gasteiger partial charge on any atom is -0.397 e. The number of non-ortho nitro benzene ring substituents is 1. The molecule has 98 valence electrons. The van der Waals surface area contributed by atoms with Crippen LogP contribution in [0.3, 0.4) is 0 Å². The lowest BCUT2D eigenvalue weighted by Crippen LogP contribution is -2.36. The average molecular weight is 251 g/mol. The van der Waals surface area contributed by atoms with E-state index in [0.717, 1.165) is 31.6 Å². The zero-order valence-electron chi connectivity index (χ0n) is 10.3. The fraction of sp³-hybridized carbons (Fsp3) is 0.500. The van der Waals surface area contributed by atoms with Crippen molar-refractivity contribution in [3.63, 3.8) is 0 Å². The van der Waals surface area contributed by atoms with Gasteiger partial charge in [0.05, 0.1) is 22.4 Å². The number of nitro groups is 1. The van der Waals surface area contributed by atoms with Crippen molar-refractivity contribution in [1.82, 2.24) is 0 Å². The second-order valence-electron chi connectivity index (χ2n) is 4.42. The Labute approximate surface area is 105 Å². The van der Waals surface area contributed by atoms with Gasteiger partial charge >= 0.3 is 0 Å². The predicted molar refractivity (Wildman–Crippen MR) is 69.8 cm³/mol. The maximum Gasteiger partial charge on any atom is 0.271 e. The summed E-state index contributed by atoms with van der Waals surface area (Å²) >= 11 is 0. The minimum absolute atomic E-state index is 0.0306. The number of ether oxygens (including phenoxy) is 1. The third kappa shape index (κ3) is 2.53. The molecule has 0 unspecified atom stereocenters. The molecule has 1 aliphatic rings. The van der Waals surface area contributed by atoms with E-state index < -0.39 is 4.92 Å². The molecule has 2 N–H and O–H groups in total. The van der Waals surface area contributed by atoms with Crippen molar-refractivity contribution >= 4 is 17.1 Å². The number of hydrogen-bond acceptors (Lipinski definition) is 5. The Kier molecular flexibility index (Phi) is 3.66. The van der Waals surface area contributed by atoms with E-state index in [2.05, 4.69) is 4.90 Å². The van der Waals surface area contributed by atoms with E-state index in [9.17, 15) is 10.1 Å². The third-order valence-electron chi connectivity index (χ3n) is 3.34. The number of nitrogen functional groups attached to an aromatic ring is 1. The number of hydrogen-bond donors (Lipinski definition) is 1. The SMILES string of the molecule is COC1CCN(c2ccc([N+](=O)[O-])cc2N)CC1. The summed E-state index contributed by atoms with van der Waals surface area (Å²) in [5, 5.41) is 10.6. The Balaban J connectivity index is 2.12. The van der Waals surface area contributed by atoms with Crippen LogP contribution in [0, 0.1) is 10.1 Å². The van der Waals surface area contributed by atoms with Gasteiger partial charge < -0.3 is 15.4 Å². The van der Waals surface area contributed by atoms with Crippen LogP contribution in [0.2, 0.25) is 0 Å². The topological polar surface area (TPSA) is 81.6 Å². The molecule has 1 aliphatic heterocycles. The summed E-state index contributed by atoms with van der Waals surface area (Å²) in [5.41, 5.74) is 7.24. The van der Waals surface area contributed by atoms with Crippen LogP contribution in [0.4, 0.5) is 17.1 Å². The van der Waals surface area contributed by atoms with E-state index in [-0.39, 0.29) is 5.69 Å². The van der Waals surface area contributed by atoms with Gasteiger partial charge in [-0.05, 0) is 18.9 Å². The Hall–Kier alpha value is -1.82. The average Bonchev–Trinajstić information content (AvgIpc) is 2.38. The molecule has 0 saturated carbocycles. The highest BCUT2D eigenvalue weighted by molar-refractivity contribution is 5.70. The van der Waals surface area contributed by atoms with Gasteiger partial charge in [0.25, 0.3) is 5.69 Å². The summed E-state index contributed by atoms with van der Waals surface area (Å²) in [6, 6.07) is 4.63. The molecule has 0 aromatic heterocycles. The zero-order valence-corrected chi connectivity index (χ0v) is 10.3. The molecular formula is C12H17N3O3. The van der Waals surface area contributed by atoms with E-state index in [1.54, 1.807) is 13.2 Å². The molecule has 1 fully saturated rings. The highest BCUT2D eigenvalue weighted by Gasteiger charge is 2.21. The molecule has 1 aromatic rings. The lowest BCUT2D eigenvalue weighted by atomic mass is 10.1. The van der Waals surface area contributed by atoms with Crippen LogP contribution < -0.4 is 10.6 Å². The van der Waals surface area contributed by atoms with Crippen LogP contribution >= 0.6 is 0 Å². The lowest BCUT2D eigenvalue weighted by Gasteiger charge is -2.33. The molecule has 6 nitrogen and oxygen atoms in total. The normalized spacial score (nSPS) is 16.8. The van der Waals surface area contributed by atoms with E-state index in [0.29, 0.717) is 11.8 Å². The summed E-state index contributed by atoms with van der Waals surface area (Å²) in [6.45, 7) is 1.72. The minimum atomic E-state index is -0.433. The first-order valence-corrected chi connectivity index (χ1v) is 5.93. The van der Waals surface area contributed by atoms with E-state index in [1.165, 1.54) is 12.1 Å². The predicted octanol–water partition coefficient (Wildman–Crippen LogP) is 1.79. The van der Waals surface area contributed by atoms with Gasteiger partial charge in [0.15, 0.2) is 0 Å². The molecule has 18 heavy (non-hydrogen) atoms. The Morgan fingerprint density at radius 1 is 1.44 bits per heavy atom. The monoisotopic (exact) mass is 251 g/mol. The molecule has 1 heterocycles. The first-order valence-electron chi connectivity index (χ1n) is 5.93. The largest absolute Gasteiger partial charge is 0.397 e. The Morgan fingerprint density at radius 3 is 2.61 bits per heavy atom. The van der Waals surface area contributed by atoms with Crippen LogP contribution in [0.15, 0.2) is 18.2 Å². The quantitative estimate of drug-likeness (QED) is 0.503. The van der Waals surface area contributed by atoms with Crippen molar-refractivity contribution in [2.45, 2.75) is 18.9 Å². The van der Waals surface area contributed by atoms with Gasteiger partial charge in [-0.25, -0.2) is 0 Å². The molecule has 0 atom stereocenters. The molecule has 0 aliphatic carbocycles. The van der Waals surface area contributed by atoms with Crippen molar-refractivity contribution in [1.29, 1.82) is 0 Å². The summed E-state index contributed by atoms with van der Waals surface area (Å²) in [5.74, 6) is 0. The fourth-order valence-electron chi connectivity index (χ4n) is 2.28. The summed E-state index contributed by atoms with van der Waals surface area (Å²) in [4.78, 5) is 12.4. The number of rotatable bonds is 3. The third-order valence-corrected chi connectivity index (χ3v) is 3.34. The number of piperidine rings is 1. The molecule has 0 spiro atoms. The standard InChI is InChI=1S/C12H17N3O3/c1-18-10-4-6-14(7-5-10)12-3-2-9(15(16)17)8-11(12)13/h2-3,8,10H,4-7,13H2,1H3. The number of benzene rings is 1. The van der Waals surface area contributed by atoms with Gasteiger partial charge in [0, 0.05) is 32.3 Å². The smallest absolute Gasteiger partial charge is 0.271 e. The van der Waals surface area contributed by atoms with E-state index in [1.807, 2.05) is 0 Å². The van der Waals surface area contributed by atoms with Crippen LogP contribution in [-0.2, 0) is 4.74 Å². The van der Waals surface area contributed by atoms with Crippen molar-refractivity contribution in [2.24, 2.45) is 0 Å². The molecule has 1 aromatic carbocycles. The number of nitrogens with zero attached hydrogens (tertiary/aromatic N) is 2. The number of nitro benzene ring substituents is 1. The first-order chi connectivity index (χ1) is 8.61. The molecule has 0 radical (unpaired) electrons. The van der Waals surface area contributed by atoms with Gasteiger partial charge in [-0.15, -0.1) is 0 Å². The van der Waals surface area contributed by atoms with Crippen molar-refractivity contribution < 1.29 is 9.66 Å². The number of methoxy groups -OCH3 is 1. The second kappa shape index (κ2) is 5.22. The zero-order chi connectivity index (χ0) is 13.1. The summed E-state index contributed by atoms with van der Waals surface area (Å²) < 4.78 is 5.31. The van der Waals surface area contributed by atoms with Crippen LogP contribution in [0.1, 0.15) is 12.8 Å². The van der Waals surface area contributed by atoms with Crippen LogP contribution in [0.5, 0.6) is 0 Å². The molecule has 0 bridgehead atoms. The van der Waals surface area contributed by atoms with Crippen molar-refractivity contribution in [3.8, 4) is 0 Å². The maximum atomic E-state index is 10.6. The fourth-order valence-corrected chi connectivity index (χ4v) is 2.28. The van der Waals surface area contributed by atoms with Gasteiger partial charge in [-0.1, -0.05) is 0 Å². The summed E-state index contributed by atoms with van der Waals surface area (Å²) in [7, 11) is 1.72. The van der Waals surface area contributed by atoms with Crippen LogP contribution in [0.25, 0.3) is 0 Å². The molecular weight excluding hydrogens is 234 g/mol.